The second-order valence-corrected chi connectivity index (χ2v) is 3.62. The van der Waals surface area contributed by atoms with E-state index in [4.69, 9.17) is 5.11 Å². The van der Waals surface area contributed by atoms with Gasteiger partial charge in [-0.2, -0.15) is 13.2 Å². The summed E-state index contributed by atoms with van der Waals surface area (Å²) >= 11 is 0. The van der Waals surface area contributed by atoms with Crippen molar-refractivity contribution in [2.24, 2.45) is 0 Å². The maximum Gasteiger partial charge on any atom is 0.574 e. The Morgan fingerprint density at radius 1 is 1.29 bits per heavy atom. The van der Waals surface area contributed by atoms with Crippen LogP contribution in [0.15, 0.2) is 6.07 Å². The monoisotopic (exact) mass is 319 g/mol. The third kappa shape index (κ3) is 4.68. The molecule has 0 saturated heterocycles. The SMILES string of the molecule is COc1cc(CC(=O)O)c(OC(F)(F)F)nc1C(F)(F)F. The molecule has 5 nitrogen and oxygen atoms in total. The molecule has 0 bridgehead atoms. The molecule has 1 heterocycles. The molecule has 11 heteroatoms. The highest BCUT2D eigenvalue weighted by molar-refractivity contribution is 5.71. The molecule has 0 aromatic carbocycles. The van der Waals surface area contributed by atoms with Crippen molar-refractivity contribution in [1.29, 1.82) is 0 Å². The zero-order chi connectivity index (χ0) is 16.4. The molecule has 118 valence electrons. The predicted octanol–water partition coefficient (Wildman–Crippen LogP) is 2.63. The van der Waals surface area contributed by atoms with Gasteiger partial charge in [-0.1, -0.05) is 0 Å². The van der Waals surface area contributed by atoms with Crippen LogP contribution in [0.2, 0.25) is 0 Å². The highest BCUT2D eigenvalue weighted by Gasteiger charge is 2.40. The minimum absolute atomic E-state index is 0.491. The third-order valence-electron chi connectivity index (χ3n) is 2.07. The molecule has 0 radical (unpaired) electrons. The number of pyridine rings is 1. The fourth-order valence-electron chi connectivity index (χ4n) is 1.36. The van der Waals surface area contributed by atoms with Gasteiger partial charge in [0.05, 0.1) is 13.5 Å². The Bertz CT molecular complexity index is 540. The van der Waals surface area contributed by atoms with E-state index in [1.165, 1.54) is 0 Å². The zero-order valence-electron chi connectivity index (χ0n) is 10.2. The van der Waals surface area contributed by atoms with Crippen molar-refractivity contribution in [2.45, 2.75) is 19.0 Å². The van der Waals surface area contributed by atoms with Gasteiger partial charge < -0.3 is 14.6 Å². The lowest BCUT2D eigenvalue weighted by Gasteiger charge is -2.16. The van der Waals surface area contributed by atoms with E-state index in [1.54, 1.807) is 0 Å². The van der Waals surface area contributed by atoms with Crippen molar-refractivity contribution in [1.82, 2.24) is 4.98 Å². The number of halogens is 6. The molecule has 0 aliphatic carbocycles. The maximum atomic E-state index is 12.6. The fraction of sp³-hybridized carbons (Fsp3) is 0.400. The van der Waals surface area contributed by atoms with Crippen LogP contribution in [-0.4, -0.2) is 29.5 Å². The van der Waals surface area contributed by atoms with Gasteiger partial charge in [0, 0.05) is 5.56 Å². The lowest BCUT2D eigenvalue weighted by Crippen LogP contribution is -2.21. The summed E-state index contributed by atoms with van der Waals surface area (Å²) in [4.78, 5) is 13.2. The van der Waals surface area contributed by atoms with Crippen LogP contribution in [0.25, 0.3) is 0 Å². The van der Waals surface area contributed by atoms with Crippen molar-refractivity contribution in [3.05, 3.63) is 17.3 Å². The fourth-order valence-corrected chi connectivity index (χ4v) is 1.36. The molecular weight excluding hydrogens is 312 g/mol. The van der Waals surface area contributed by atoms with E-state index >= 15 is 0 Å². The van der Waals surface area contributed by atoms with Crippen LogP contribution in [0.3, 0.4) is 0 Å². The molecule has 21 heavy (non-hydrogen) atoms. The van der Waals surface area contributed by atoms with Crippen molar-refractivity contribution >= 4 is 5.97 Å². The van der Waals surface area contributed by atoms with Gasteiger partial charge in [-0.15, -0.1) is 13.2 Å². The number of methoxy groups -OCH3 is 1. The first-order valence-corrected chi connectivity index (χ1v) is 5.06. The third-order valence-corrected chi connectivity index (χ3v) is 2.07. The van der Waals surface area contributed by atoms with E-state index in [0.29, 0.717) is 6.07 Å². The van der Waals surface area contributed by atoms with E-state index in [1.807, 2.05) is 0 Å². The molecule has 0 aliphatic rings. The summed E-state index contributed by atoms with van der Waals surface area (Å²) in [5, 5.41) is 8.55. The number of carboxylic acids is 1. The first-order valence-electron chi connectivity index (χ1n) is 5.06. The van der Waals surface area contributed by atoms with E-state index in [0.717, 1.165) is 7.11 Å². The Kier molecular flexibility index (Phi) is 4.54. The van der Waals surface area contributed by atoms with Gasteiger partial charge in [-0.3, -0.25) is 4.79 Å². The Labute approximate surface area is 113 Å². The summed E-state index contributed by atoms with van der Waals surface area (Å²) in [5.41, 5.74) is -2.46. The first-order chi connectivity index (χ1) is 9.44. The van der Waals surface area contributed by atoms with Gasteiger partial charge in [0.2, 0.25) is 5.88 Å². The largest absolute Gasteiger partial charge is 0.574 e. The standard InChI is InChI=1S/C10H7F6NO4/c1-20-5-2-4(3-6(18)19)8(21-10(14,15)16)17-7(5)9(11,12)13/h2H,3H2,1H3,(H,18,19). The second-order valence-electron chi connectivity index (χ2n) is 3.62. The van der Waals surface area contributed by atoms with Gasteiger partial charge in [-0.05, 0) is 6.07 Å². The van der Waals surface area contributed by atoms with Crippen molar-refractivity contribution in [2.75, 3.05) is 7.11 Å². The molecule has 0 amide bonds. The van der Waals surface area contributed by atoms with E-state index in [9.17, 15) is 31.1 Å². The minimum atomic E-state index is -5.32. The van der Waals surface area contributed by atoms with Crippen LogP contribution in [-0.2, 0) is 17.4 Å². The Balaban J connectivity index is 3.45. The molecule has 1 N–H and O–H groups in total. The zero-order valence-corrected chi connectivity index (χ0v) is 10.2. The molecule has 1 aromatic rings. The number of rotatable bonds is 4. The number of hydrogen-bond acceptors (Lipinski definition) is 4. The molecule has 0 atom stereocenters. The summed E-state index contributed by atoms with van der Waals surface area (Å²) in [7, 11) is 0.834. The predicted molar refractivity (Wildman–Crippen MR) is 53.8 cm³/mol. The number of ether oxygens (including phenoxy) is 2. The second kappa shape index (κ2) is 5.66. The van der Waals surface area contributed by atoms with Crippen LogP contribution in [0.5, 0.6) is 11.6 Å². The topological polar surface area (TPSA) is 68.7 Å². The Morgan fingerprint density at radius 2 is 1.86 bits per heavy atom. The van der Waals surface area contributed by atoms with Gasteiger partial charge in [0.1, 0.15) is 5.75 Å². The number of carboxylic acid groups (broad SMARTS) is 1. The number of hydrogen-bond donors (Lipinski definition) is 1. The lowest BCUT2D eigenvalue weighted by molar-refractivity contribution is -0.276. The molecular formula is C10H7F6NO4. The quantitative estimate of drug-likeness (QED) is 0.864. The normalized spacial score (nSPS) is 12.1. The van der Waals surface area contributed by atoms with Crippen LogP contribution in [0.1, 0.15) is 11.3 Å². The average molecular weight is 319 g/mol. The minimum Gasteiger partial charge on any atom is -0.494 e. The molecule has 0 fully saturated rings. The molecule has 1 rings (SSSR count). The summed E-state index contributed by atoms with van der Waals surface area (Å²) in [5.74, 6) is -3.98. The molecule has 0 unspecified atom stereocenters. The highest BCUT2D eigenvalue weighted by Crippen LogP contribution is 2.38. The molecule has 1 aromatic heterocycles. The highest BCUT2D eigenvalue weighted by atomic mass is 19.4. The van der Waals surface area contributed by atoms with Crippen LogP contribution < -0.4 is 9.47 Å². The Hall–Kier alpha value is -2.20. The Morgan fingerprint density at radius 3 is 2.24 bits per heavy atom. The van der Waals surface area contributed by atoms with Crippen molar-refractivity contribution in [3.8, 4) is 11.6 Å². The lowest BCUT2D eigenvalue weighted by atomic mass is 10.1. The molecule has 0 aliphatic heterocycles. The van der Waals surface area contributed by atoms with Crippen LogP contribution in [0.4, 0.5) is 26.3 Å². The molecule has 0 spiro atoms. The number of aliphatic carboxylic acids is 1. The summed E-state index contributed by atoms with van der Waals surface area (Å²) in [6.45, 7) is 0. The van der Waals surface area contributed by atoms with E-state index < -0.39 is 47.8 Å². The van der Waals surface area contributed by atoms with Crippen molar-refractivity contribution in [3.63, 3.8) is 0 Å². The van der Waals surface area contributed by atoms with Gasteiger partial charge in [0.15, 0.2) is 5.69 Å². The number of nitrogens with zero attached hydrogens (tertiary/aromatic N) is 1. The number of alkyl halides is 6. The van der Waals surface area contributed by atoms with Gasteiger partial charge in [-0.25, -0.2) is 4.98 Å². The van der Waals surface area contributed by atoms with Crippen LogP contribution >= 0.6 is 0 Å². The van der Waals surface area contributed by atoms with Crippen molar-refractivity contribution < 1.29 is 45.7 Å². The first kappa shape index (κ1) is 16.9. The van der Waals surface area contributed by atoms with Gasteiger partial charge in [0.25, 0.3) is 0 Å². The number of carbonyl (C=O) groups is 1. The van der Waals surface area contributed by atoms with E-state index in [-0.39, 0.29) is 0 Å². The van der Waals surface area contributed by atoms with E-state index in [2.05, 4.69) is 14.5 Å². The number of aromatic nitrogens is 1. The molecule has 0 saturated carbocycles. The summed E-state index contributed by atoms with van der Waals surface area (Å²) in [6.07, 6.45) is -11.4. The summed E-state index contributed by atoms with van der Waals surface area (Å²) < 4.78 is 82.1. The average Bonchev–Trinajstić information content (AvgIpc) is 2.26. The van der Waals surface area contributed by atoms with Crippen LogP contribution in [0, 0.1) is 0 Å². The maximum absolute atomic E-state index is 12.6. The smallest absolute Gasteiger partial charge is 0.494 e. The summed E-state index contributed by atoms with van der Waals surface area (Å²) in [6, 6.07) is 0.491. The van der Waals surface area contributed by atoms with Gasteiger partial charge >= 0.3 is 18.5 Å².